The fraction of sp³-hybridized carbons (Fsp3) is 0.214. The lowest BCUT2D eigenvalue weighted by molar-refractivity contribution is 0.0997. The number of aryl methyl sites for hydroxylation is 1. The number of hydrogen-bond acceptors (Lipinski definition) is 2. The van der Waals surface area contributed by atoms with Crippen molar-refractivity contribution in [3.05, 3.63) is 57.8 Å². The van der Waals surface area contributed by atoms with Gasteiger partial charge in [-0.25, -0.2) is 0 Å². The maximum Gasteiger partial charge on any atom is 0.177 e. The average molecular weight is 230 g/mol. The van der Waals surface area contributed by atoms with Gasteiger partial charge in [-0.1, -0.05) is 37.3 Å². The number of thiophene rings is 1. The Kier molecular flexibility index (Phi) is 3.52. The van der Waals surface area contributed by atoms with Crippen molar-refractivity contribution < 1.29 is 4.79 Å². The molecule has 0 saturated heterocycles. The molecule has 1 aromatic heterocycles. The number of Topliss-reactive ketones (excluding diaryl/α,β-unsaturated/α-hetero) is 1. The van der Waals surface area contributed by atoms with Crippen LogP contribution < -0.4 is 0 Å². The minimum atomic E-state index is 0.218. The first-order valence-electron chi connectivity index (χ1n) is 5.45. The molecule has 1 nitrogen and oxygen atoms in total. The third kappa shape index (κ3) is 2.58. The Balaban J connectivity index is 2.09. The number of ketones is 1. The highest BCUT2D eigenvalue weighted by atomic mass is 32.1. The molecule has 0 radical (unpaired) electrons. The molecule has 0 atom stereocenters. The van der Waals surface area contributed by atoms with Crippen LogP contribution >= 0.6 is 11.3 Å². The van der Waals surface area contributed by atoms with Crippen LogP contribution in [0.2, 0.25) is 0 Å². The predicted octanol–water partition coefficient (Wildman–Crippen LogP) is 3.74. The van der Waals surface area contributed by atoms with Crippen molar-refractivity contribution in [2.45, 2.75) is 19.8 Å². The summed E-state index contributed by atoms with van der Waals surface area (Å²) in [6.45, 7) is 2.11. The summed E-state index contributed by atoms with van der Waals surface area (Å²) in [7, 11) is 0. The zero-order chi connectivity index (χ0) is 11.4. The molecule has 0 bridgehead atoms. The highest BCUT2D eigenvalue weighted by Crippen LogP contribution is 2.18. The van der Waals surface area contributed by atoms with E-state index in [9.17, 15) is 4.79 Å². The van der Waals surface area contributed by atoms with Crippen LogP contribution in [0.4, 0.5) is 0 Å². The van der Waals surface area contributed by atoms with Crippen LogP contribution in [0.25, 0.3) is 0 Å². The monoisotopic (exact) mass is 230 g/mol. The van der Waals surface area contributed by atoms with Gasteiger partial charge in [0.1, 0.15) is 0 Å². The molecule has 0 unspecified atom stereocenters. The lowest BCUT2D eigenvalue weighted by Gasteiger charge is -1.98. The summed E-state index contributed by atoms with van der Waals surface area (Å²) in [6.07, 6.45) is 1.51. The van der Waals surface area contributed by atoms with E-state index in [2.05, 4.69) is 6.92 Å². The molecule has 0 aliphatic heterocycles. The zero-order valence-corrected chi connectivity index (χ0v) is 10.1. The summed E-state index contributed by atoms with van der Waals surface area (Å²) < 4.78 is 0. The summed E-state index contributed by atoms with van der Waals surface area (Å²) in [5.41, 5.74) is 1.08. The lowest BCUT2D eigenvalue weighted by Crippen LogP contribution is -2.00. The third-order valence-corrected chi connectivity index (χ3v) is 3.76. The lowest BCUT2D eigenvalue weighted by atomic mass is 10.1. The zero-order valence-electron chi connectivity index (χ0n) is 9.27. The van der Waals surface area contributed by atoms with E-state index < -0.39 is 0 Å². The van der Waals surface area contributed by atoms with E-state index in [0.29, 0.717) is 6.42 Å². The van der Waals surface area contributed by atoms with Crippen LogP contribution in [-0.4, -0.2) is 5.78 Å². The largest absolute Gasteiger partial charge is 0.293 e. The van der Waals surface area contributed by atoms with Gasteiger partial charge in [0, 0.05) is 11.3 Å². The van der Waals surface area contributed by atoms with E-state index in [-0.39, 0.29) is 5.78 Å². The molecule has 0 saturated carbocycles. The summed E-state index contributed by atoms with van der Waals surface area (Å²) in [4.78, 5) is 14.1. The second kappa shape index (κ2) is 5.08. The van der Waals surface area contributed by atoms with Gasteiger partial charge in [0.25, 0.3) is 0 Å². The van der Waals surface area contributed by atoms with E-state index in [1.54, 1.807) is 11.3 Å². The SMILES string of the molecule is CCc1ccc(C(=O)Cc2ccccc2)s1. The minimum absolute atomic E-state index is 0.218. The molecule has 0 N–H and O–H groups in total. The van der Waals surface area contributed by atoms with Gasteiger partial charge in [0.2, 0.25) is 0 Å². The molecule has 1 aromatic carbocycles. The van der Waals surface area contributed by atoms with Crippen LogP contribution in [0.15, 0.2) is 42.5 Å². The fourth-order valence-corrected chi connectivity index (χ4v) is 2.47. The summed E-state index contributed by atoms with van der Waals surface area (Å²) in [6, 6.07) is 13.9. The van der Waals surface area contributed by atoms with Crippen molar-refractivity contribution in [3.8, 4) is 0 Å². The van der Waals surface area contributed by atoms with Gasteiger partial charge in [0.15, 0.2) is 5.78 Å². The van der Waals surface area contributed by atoms with Gasteiger partial charge in [-0.05, 0) is 24.1 Å². The number of hydrogen-bond donors (Lipinski definition) is 0. The van der Waals surface area contributed by atoms with Gasteiger partial charge >= 0.3 is 0 Å². The number of benzene rings is 1. The Hall–Kier alpha value is -1.41. The molecule has 1 heterocycles. The number of carbonyl (C=O) groups is 1. The highest BCUT2D eigenvalue weighted by Gasteiger charge is 2.09. The van der Waals surface area contributed by atoms with E-state index in [0.717, 1.165) is 16.9 Å². The Morgan fingerprint density at radius 1 is 1.12 bits per heavy atom. The Bertz CT molecular complexity index is 470. The van der Waals surface area contributed by atoms with E-state index in [1.165, 1.54) is 4.88 Å². The molecule has 0 amide bonds. The first kappa shape index (κ1) is 11.1. The van der Waals surface area contributed by atoms with E-state index in [1.807, 2.05) is 42.5 Å². The normalized spacial score (nSPS) is 10.3. The Labute approximate surface area is 99.8 Å². The molecular formula is C14H14OS. The van der Waals surface area contributed by atoms with Crippen molar-refractivity contribution in [1.29, 1.82) is 0 Å². The first-order chi connectivity index (χ1) is 7.79. The molecule has 2 rings (SSSR count). The molecule has 0 spiro atoms. The second-order valence-electron chi connectivity index (χ2n) is 3.71. The summed E-state index contributed by atoms with van der Waals surface area (Å²) >= 11 is 1.61. The molecule has 2 heteroatoms. The highest BCUT2D eigenvalue weighted by molar-refractivity contribution is 7.14. The second-order valence-corrected chi connectivity index (χ2v) is 4.87. The van der Waals surface area contributed by atoms with Crippen LogP contribution in [0.5, 0.6) is 0 Å². The van der Waals surface area contributed by atoms with Crippen molar-refractivity contribution in [3.63, 3.8) is 0 Å². The van der Waals surface area contributed by atoms with Gasteiger partial charge in [0.05, 0.1) is 4.88 Å². The van der Waals surface area contributed by atoms with Crippen molar-refractivity contribution in [1.82, 2.24) is 0 Å². The molecular weight excluding hydrogens is 216 g/mol. The van der Waals surface area contributed by atoms with Gasteiger partial charge < -0.3 is 0 Å². The predicted molar refractivity (Wildman–Crippen MR) is 68.2 cm³/mol. The molecule has 16 heavy (non-hydrogen) atoms. The summed E-state index contributed by atoms with van der Waals surface area (Å²) in [5, 5.41) is 0. The third-order valence-electron chi connectivity index (χ3n) is 2.49. The van der Waals surface area contributed by atoms with Crippen LogP contribution in [0.3, 0.4) is 0 Å². The fourth-order valence-electron chi connectivity index (χ4n) is 1.59. The molecule has 2 aromatic rings. The van der Waals surface area contributed by atoms with Crippen molar-refractivity contribution >= 4 is 17.1 Å². The van der Waals surface area contributed by atoms with Gasteiger partial charge in [-0.2, -0.15) is 0 Å². The molecule has 0 aliphatic carbocycles. The van der Waals surface area contributed by atoms with Gasteiger partial charge in [-0.15, -0.1) is 11.3 Å². The maximum atomic E-state index is 12.0. The average Bonchev–Trinajstić information content (AvgIpc) is 2.79. The molecule has 0 aliphatic rings. The van der Waals surface area contributed by atoms with Gasteiger partial charge in [-0.3, -0.25) is 4.79 Å². The number of carbonyl (C=O) groups excluding carboxylic acids is 1. The molecule has 82 valence electrons. The summed E-state index contributed by atoms with van der Waals surface area (Å²) in [5.74, 6) is 0.218. The topological polar surface area (TPSA) is 17.1 Å². The van der Waals surface area contributed by atoms with Crippen LogP contribution in [0.1, 0.15) is 27.0 Å². The molecule has 0 fully saturated rings. The van der Waals surface area contributed by atoms with Crippen molar-refractivity contribution in [2.75, 3.05) is 0 Å². The minimum Gasteiger partial charge on any atom is -0.293 e. The number of rotatable bonds is 4. The van der Waals surface area contributed by atoms with Crippen molar-refractivity contribution in [2.24, 2.45) is 0 Å². The smallest absolute Gasteiger partial charge is 0.177 e. The van der Waals surface area contributed by atoms with Crippen LogP contribution in [-0.2, 0) is 12.8 Å². The maximum absolute atomic E-state index is 12.0. The standard InChI is InChI=1S/C14H14OS/c1-2-12-8-9-14(16-12)13(15)10-11-6-4-3-5-7-11/h3-9H,2,10H2,1H3. The van der Waals surface area contributed by atoms with E-state index in [4.69, 9.17) is 0 Å². The van der Waals surface area contributed by atoms with Crippen LogP contribution in [0, 0.1) is 0 Å². The van der Waals surface area contributed by atoms with E-state index >= 15 is 0 Å². The first-order valence-corrected chi connectivity index (χ1v) is 6.27. The Morgan fingerprint density at radius 3 is 2.50 bits per heavy atom. The quantitative estimate of drug-likeness (QED) is 0.731. The Morgan fingerprint density at radius 2 is 1.88 bits per heavy atom.